The lowest BCUT2D eigenvalue weighted by Gasteiger charge is -2.29. The van der Waals surface area contributed by atoms with E-state index in [1.54, 1.807) is 18.2 Å². The number of hydrogen-bond donors (Lipinski definition) is 2. The molecular weight excluding hydrogens is 198 g/mol. The summed E-state index contributed by atoms with van der Waals surface area (Å²) in [5.74, 6) is -1.47. The van der Waals surface area contributed by atoms with E-state index >= 15 is 0 Å². The Morgan fingerprint density at radius 3 is 2.73 bits per heavy atom. The van der Waals surface area contributed by atoms with E-state index in [9.17, 15) is 14.8 Å². The zero-order valence-electron chi connectivity index (χ0n) is 7.75. The number of carbonyl (C=O) groups is 2. The van der Waals surface area contributed by atoms with Crippen LogP contribution in [0.4, 0.5) is 5.69 Å². The first-order valence-electron chi connectivity index (χ1n) is 4.44. The van der Waals surface area contributed by atoms with Gasteiger partial charge in [0.05, 0.1) is 5.69 Å². The van der Waals surface area contributed by atoms with E-state index < -0.39 is 12.0 Å². The Balaban J connectivity index is 2.48. The Morgan fingerprint density at radius 2 is 2.07 bits per heavy atom. The third kappa shape index (κ3) is 1.46. The minimum absolute atomic E-state index is 0.206. The number of aliphatic carboxylic acids is 1. The molecule has 0 aliphatic carbocycles. The van der Waals surface area contributed by atoms with Gasteiger partial charge in [-0.1, -0.05) is 12.1 Å². The fourth-order valence-electron chi connectivity index (χ4n) is 1.64. The predicted octanol–water partition coefficient (Wildman–Crippen LogP) is 0.922. The van der Waals surface area contributed by atoms with Crippen molar-refractivity contribution in [3.63, 3.8) is 0 Å². The molecule has 0 bridgehead atoms. The van der Waals surface area contributed by atoms with Gasteiger partial charge in [0.1, 0.15) is 0 Å². The van der Waals surface area contributed by atoms with Crippen LogP contribution in [0.15, 0.2) is 24.3 Å². The molecule has 1 aliphatic heterocycles. The van der Waals surface area contributed by atoms with E-state index in [4.69, 9.17) is 5.11 Å². The van der Waals surface area contributed by atoms with Gasteiger partial charge in [0.25, 0.3) is 0 Å². The first-order valence-corrected chi connectivity index (χ1v) is 4.44. The summed E-state index contributed by atoms with van der Waals surface area (Å²) in [7, 11) is 0. The van der Waals surface area contributed by atoms with Gasteiger partial charge in [0.15, 0.2) is 11.8 Å². The molecular formula is C10H9NO4. The minimum atomic E-state index is -1.21. The normalized spacial score (nSPS) is 19.9. The van der Waals surface area contributed by atoms with Gasteiger partial charge in [0, 0.05) is 12.0 Å². The molecule has 1 atom stereocenters. The molecule has 0 aromatic heterocycles. The fraction of sp³-hybridized carbons (Fsp3) is 0.200. The second-order valence-corrected chi connectivity index (χ2v) is 3.34. The number of carbonyl (C=O) groups excluding carboxylic acids is 1. The number of para-hydroxylation sites is 1. The molecule has 1 aliphatic rings. The van der Waals surface area contributed by atoms with Gasteiger partial charge >= 0.3 is 5.97 Å². The number of hydrogen-bond acceptors (Lipinski definition) is 4. The van der Waals surface area contributed by atoms with E-state index in [0.717, 1.165) is 0 Å². The van der Waals surface area contributed by atoms with Crippen molar-refractivity contribution in [2.24, 2.45) is 0 Å². The molecule has 0 spiro atoms. The minimum Gasteiger partial charge on any atom is -0.480 e. The topological polar surface area (TPSA) is 77.8 Å². The van der Waals surface area contributed by atoms with Crippen LogP contribution in [-0.4, -0.2) is 28.1 Å². The fourth-order valence-corrected chi connectivity index (χ4v) is 1.64. The van der Waals surface area contributed by atoms with Crippen molar-refractivity contribution < 1.29 is 19.9 Å². The maximum Gasteiger partial charge on any atom is 0.329 e. The summed E-state index contributed by atoms with van der Waals surface area (Å²) in [6.07, 6.45) is -0.206. The molecule has 15 heavy (non-hydrogen) atoms. The molecule has 0 unspecified atom stereocenters. The van der Waals surface area contributed by atoms with Crippen LogP contribution < -0.4 is 5.06 Å². The third-order valence-corrected chi connectivity index (χ3v) is 2.41. The molecule has 1 aromatic rings. The Bertz CT molecular complexity index is 429. The van der Waals surface area contributed by atoms with Crippen LogP contribution in [-0.2, 0) is 4.79 Å². The summed E-state index contributed by atoms with van der Waals surface area (Å²) in [4.78, 5) is 22.3. The summed E-state index contributed by atoms with van der Waals surface area (Å²) < 4.78 is 0. The number of fused-ring (bicyclic) bond motifs is 1. The van der Waals surface area contributed by atoms with Gasteiger partial charge in [0.2, 0.25) is 0 Å². The monoisotopic (exact) mass is 207 g/mol. The van der Waals surface area contributed by atoms with Gasteiger partial charge in [-0.15, -0.1) is 0 Å². The Morgan fingerprint density at radius 1 is 1.40 bits per heavy atom. The van der Waals surface area contributed by atoms with Crippen molar-refractivity contribution in [2.45, 2.75) is 12.5 Å². The van der Waals surface area contributed by atoms with E-state index in [0.29, 0.717) is 10.6 Å². The smallest absolute Gasteiger partial charge is 0.329 e. The molecule has 1 heterocycles. The lowest BCUT2D eigenvalue weighted by atomic mass is 9.96. The van der Waals surface area contributed by atoms with Crippen molar-refractivity contribution >= 4 is 17.4 Å². The highest BCUT2D eigenvalue weighted by molar-refractivity contribution is 6.06. The van der Waals surface area contributed by atoms with Gasteiger partial charge < -0.3 is 5.11 Å². The molecule has 1 aromatic carbocycles. The predicted molar refractivity (Wildman–Crippen MR) is 51.1 cm³/mol. The summed E-state index contributed by atoms with van der Waals surface area (Å²) in [6.45, 7) is 0. The van der Waals surface area contributed by atoms with Crippen molar-refractivity contribution in [3.05, 3.63) is 29.8 Å². The number of carboxylic acid groups (broad SMARTS) is 1. The summed E-state index contributed by atoms with van der Waals surface area (Å²) >= 11 is 0. The van der Waals surface area contributed by atoms with E-state index in [-0.39, 0.29) is 17.9 Å². The second-order valence-electron chi connectivity index (χ2n) is 3.34. The quantitative estimate of drug-likeness (QED) is 0.716. The first-order chi connectivity index (χ1) is 7.11. The highest BCUT2D eigenvalue weighted by Crippen LogP contribution is 2.28. The number of anilines is 1. The Labute approximate surface area is 85.5 Å². The molecule has 5 heteroatoms. The van der Waals surface area contributed by atoms with Crippen molar-refractivity contribution in [1.29, 1.82) is 0 Å². The van der Waals surface area contributed by atoms with E-state index in [1.807, 2.05) is 0 Å². The molecule has 78 valence electrons. The van der Waals surface area contributed by atoms with Crippen LogP contribution in [0, 0.1) is 0 Å². The number of Topliss-reactive ketones (excluding diaryl/α,β-unsaturated/α-hetero) is 1. The van der Waals surface area contributed by atoms with Crippen LogP contribution in [0.25, 0.3) is 0 Å². The molecule has 0 saturated heterocycles. The lowest BCUT2D eigenvalue weighted by Crippen LogP contribution is -2.44. The summed E-state index contributed by atoms with van der Waals surface area (Å²) in [5, 5.41) is 19.0. The molecule has 0 saturated carbocycles. The maximum atomic E-state index is 11.5. The number of nitrogens with zero attached hydrogens (tertiary/aromatic N) is 1. The first kappa shape index (κ1) is 9.67. The van der Waals surface area contributed by atoms with Crippen LogP contribution in [0.1, 0.15) is 16.8 Å². The summed E-state index contributed by atoms with van der Waals surface area (Å²) in [6, 6.07) is 5.21. The maximum absolute atomic E-state index is 11.5. The van der Waals surface area contributed by atoms with Crippen LogP contribution in [0.3, 0.4) is 0 Å². The molecule has 2 rings (SSSR count). The largest absolute Gasteiger partial charge is 0.480 e. The zero-order valence-corrected chi connectivity index (χ0v) is 7.75. The number of carboxylic acids is 1. The number of rotatable bonds is 1. The number of hydroxylamine groups is 1. The highest BCUT2D eigenvalue weighted by Gasteiger charge is 2.35. The SMILES string of the molecule is O=C1C[C@@H](C(=O)O)N(O)c2ccccc21. The Kier molecular flexibility index (Phi) is 2.17. The van der Waals surface area contributed by atoms with Crippen LogP contribution in [0.5, 0.6) is 0 Å². The summed E-state index contributed by atoms with van der Waals surface area (Å²) in [5.41, 5.74) is 0.610. The van der Waals surface area contributed by atoms with Crippen LogP contribution >= 0.6 is 0 Å². The molecule has 0 fully saturated rings. The van der Waals surface area contributed by atoms with Crippen molar-refractivity contribution in [1.82, 2.24) is 0 Å². The van der Waals surface area contributed by atoms with Gasteiger partial charge in [-0.05, 0) is 12.1 Å². The molecule has 2 N–H and O–H groups in total. The van der Waals surface area contributed by atoms with Crippen molar-refractivity contribution in [3.8, 4) is 0 Å². The lowest BCUT2D eigenvalue weighted by molar-refractivity contribution is -0.140. The van der Waals surface area contributed by atoms with E-state index in [1.165, 1.54) is 6.07 Å². The highest BCUT2D eigenvalue weighted by atomic mass is 16.5. The van der Waals surface area contributed by atoms with Gasteiger partial charge in [-0.3, -0.25) is 10.0 Å². The molecule has 0 amide bonds. The average Bonchev–Trinajstić information content (AvgIpc) is 2.23. The van der Waals surface area contributed by atoms with E-state index in [2.05, 4.69) is 0 Å². The molecule has 5 nitrogen and oxygen atoms in total. The second kappa shape index (κ2) is 3.36. The molecule has 0 radical (unpaired) electrons. The Hall–Kier alpha value is -1.88. The third-order valence-electron chi connectivity index (χ3n) is 2.41. The average molecular weight is 207 g/mol. The van der Waals surface area contributed by atoms with Crippen LogP contribution in [0.2, 0.25) is 0 Å². The number of benzene rings is 1. The van der Waals surface area contributed by atoms with Gasteiger partial charge in [-0.25, -0.2) is 9.86 Å². The van der Waals surface area contributed by atoms with Crippen molar-refractivity contribution in [2.75, 3.05) is 5.06 Å². The number of ketones is 1. The van der Waals surface area contributed by atoms with Gasteiger partial charge in [-0.2, -0.15) is 0 Å². The zero-order chi connectivity index (χ0) is 11.0. The standard InChI is InChI=1S/C10H9NO4/c12-9-5-8(10(13)14)11(15)7-4-2-1-3-6(7)9/h1-4,8,15H,5H2,(H,13,14)/t8-/m0/s1.